The highest BCUT2D eigenvalue weighted by molar-refractivity contribution is 7.18. The van der Waals surface area contributed by atoms with Gasteiger partial charge in [-0.2, -0.15) is 0 Å². The molecule has 0 aliphatic carbocycles. The number of pyridine rings is 1. The van der Waals surface area contributed by atoms with Crippen LogP contribution in [0.2, 0.25) is 0 Å². The summed E-state index contributed by atoms with van der Waals surface area (Å²) in [5.74, 6) is -0.413. The van der Waals surface area contributed by atoms with E-state index in [-0.39, 0.29) is 21.5 Å². The number of carbonyl (C=O) groups excluding carboxylic acids is 3. The molecule has 0 atom stereocenters. The number of aromatic nitrogens is 1. The molecule has 1 saturated heterocycles. The number of amides is 3. The zero-order valence-corrected chi connectivity index (χ0v) is 16.4. The first-order valence-corrected chi connectivity index (χ1v) is 9.47. The second-order valence-electron chi connectivity index (χ2n) is 6.21. The SMILES string of the molecule is COC(=O)c1c(NC(=O)N2CCN(c3ccccn3)CC2)sc(C(N)=O)c1C. The van der Waals surface area contributed by atoms with Crippen LogP contribution < -0.4 is 16.0 Å². The molecule has 1 aliphatic heterocycles. The van der Waals surface area contributed by atoms with Crippen LogP contribution in [-0.4, -0.2) is 61.1 Å². The molecule has 10 heteroatoms. The fourth-order valence-electron chi connectivity index (χ4n) is 3.04. The smallest absolute Gasteiger partial charge is 0.341 e. The van der Waals surface area contributed by atoms with Crippen molar-refractivity contribution >= 4 is 40.1 Å². The molecule has 3 N–H and O–H groups in total. The standard InChI is InChI=1S/C18H21N5O4S/c1-11-13(17(25)27-2)16(28-14(11)15(19)24)21-18(26)23-9-7-22(8-10-23)12-5-3-4-6-20-12/h3-6H,7-10H2,1-2H3,(H2,19,24)(H,21,26). The number of primary amides is 1. The lowest BCUT2D eigenvalue weighted by atomic mass is 10.1. The van der Waals surface area contributed by atoms with Gasteiger partial charge in [-0.1, -0.05) is 6.07 Å². The predicted octanol–water partition coefficient (Wildman–Crippen LogP) is 1.69. The molecular weight excluding hydrogens is 382 g/mol. The number of hydrogen-bond donors (Lipinski definition) is 2. The van der Waals surface area contributed by atoms with E-state index in [2.05, 4.69) is 15.2 Å². The highest BCUT2D eigenvalue weighted by atomic mass is 32.1. The lowest BCUT2D eigenvalue weighted by Gasteiger charge is -2.35. The Kier molecular flexibility index (Phi) is 5.78. The third-order valence-corrected chi connectivity index (χ3v) is 5.74. The Labute approximate surface area is 166 Å². The summed E-state index contributed by atoms with van der Waals surface area (Å²) in [6.45, 7) is 3.89. The van der Waals surface area contributed by atoms with Crippen molar-refractivity contribution in [1.82, 2.24) is 9.88 Å². The Balaban J connectivity index is 1.71. The maximum Gasteiger partial charge on any atom is 0.341 e. The molecule has 0 bridgehead atoms. The molecular formula is C18H21N5O4S. The van der Waals surface area contributed by atoms with Crippen molar-refractivity contribution in [2.24, 2.45) is 5.73 Å². The number of thiophene rings is 1. The Bertz CT molecular complexity index is 891. The van der Waals surface area contributed by atoms with Gasteiger partial charge in [0.1, 0.15) is 10.8 Å². The zero-order valence-electron chi connectivity index (χ0n) is 15.6. The topological polar surface area (TPSA) is 118 Å². The lowest BCUT2D eigenvalue weighted by Crippen LogP contribution is -2.50. The largest absolute Gasteiger partial charge is 0.465 e. The van der Waals surface area contributed by atoms with E-state index in [9.17, 15) is 14.4 Å². The van der Waals surface area contributed by atoms with Crippen molar-refractivity contribution < 1.29 is 19.1 Å². The third kappa shape index (κ3) is 3.91. The number of nitrogens with two attached hydrogens (primary N) is 1. The normalized spacial score (nSPS) is 13.9. The summed E-state index contributed by atoms with van der Waals surface area (Å²) in [5, 5.41) is 2.99. The van der Waals surface area contributed by atoms with Crippen LogP contribution in [0, 0.1) is 6.92 Å². The van der Waals surface area contributed by atoms with Crippen LogP contribution in [0.5, 0.6) is 0 Å². The summed E-state index contributed by atoms with van der Waals surface area (Å²) < 4.78 is 4.78. The number of nitrogens with one attached hydrogen (secondary N) is 1. The second kappa shape index (κ2) is 8.26. The van der Waals surface area contributed by atoms with E-state index >= 15 is 0 Å². The van der Waals surface area contributed by atoms with E-state index in [0.29, 0.717) is 31.7 Å². The first-order valence-electron chi connectivity index (χ1n) is 8.65. The third-order valence-electron chi connectivity index (χ3n) is 4.52. The van der Waals surface area contributed by atoms with E-state index in [1.165, 1.54) is 7.11 Å². The number of carbonyl (C=O) groups is 3. The molecule has 148 valence electrons. The van der Waals surface area contributed by atoms with Crippen LogP contribution in [-0.2, 0) is 4.74 Å². The van der Waals surface area contributed by atoms with Gasteiger partial charge in [0.2, 0.25) is 0 Å². The molecule has 2 aromatic heterocycles. The van der Waals surface area contributed by atoms with E-state index in [0.717, 1.165) is 17.2 Å². The second-order valence-corrected chi connectivity index (χ2v) is 7.23. The van der Waals surface area contributed by atoms with E-state index in [1.54, 1.807) is 18.0 Å². The Morgan fingerprint density at radius 3 is 2.50 bits per heavy atom. The quantitative estimate of drug-likeness (QED) is 0.750. The number of nitrogens with zero attached hydrogens (tertiary/aromatic N) is 3. The monoisotopic (exact) mass is 403 g/mol. The summed E-state index contributed by atoms with van der Waals surface area (Å²) in [6.07, 6.45) is 1.73. The number of methoxy groups -OCH3 is 1. The molecule has 3 heterocycles. The number of piperazine rings is 1. The van der Waals surface area contributed by atoms with Gasteiger partial charge in [-0.3, -0.25) is 10.1 Å². The van der Waals surface area contributed by atoms with Crippen molar-refractivity contribution in [3.63, 3.8) is 0 Å². The summed E-state index contributed by atoms with van der Waals surface area (Å²) in [6, 6.07) is 5.36. The van der Waals surface area contributed by atoms with Gasteiger partial charge in [0.05, 0.1) is 17.6 Å². The average molecular weight is 403 g/mol. The Morgan fingerprint density at radius 1 is 1.21 bits per heavy atom. The number of esters is 1. The highest BCUT2D eigenvalue weighted by Gasteiger charge is 2.28. The summed E-state index contributed by atoms with van der Waals surface area (Å²) >= 11 is 0.973. The van der Waals surface area contributed by atoms with Crippen LogP contribution >= 0.6 is 11.3 Å². The van der Waals surface area contributed by atoms with Crippen LogP contribution in [0.15, 0.2) is 24.4 Å². The summed E-state index contributed by atoms with van der Waals surface area (Å²) in [5.41, 5.74) is 5.92. The van der Waals surface area contributed by atoms with Gasteiger partial charge in [-0.15, -0.1) is 11.3 Å². The van der Waals surface area contributed by atoms with E-state index < -0.39 is 11.9 Å². The number of anilines is 2. The van der Waals surface area contributed by atoms with Crippen LogP contribution in [0.4, 0.5) is 15.6 Å². The molecule has 0 saturated carbocycles. The average Bonchev–Trinajstić information content (AvgIpc) is 3.04. The maximum absolute atomic E-state index is 12.7. The van der Waals surface area contributed by atoms with Crippen molar-refractivity contribution in [3.05, 3.63) is 40.4 Å². The van der Waals surface area contributed by atoms with Crippen LogP contribution in [0.25, 0.3) is 0 Å². The van der Waals surface area contributed by atoms with Gasteiger partial charge >= 0.3 is 12.0 Å². The number of urea groups is 1. The summed E-state index contributed by atoms with van der Waals surface area (Å²) in [4.78, 5) is 44.7. The molecule has 9 nitrogen and oxygen atoms in total. The van der Waals surface area contributed by atoms with Crippen molar-refractivity contribution in [1.29, 1.82) is 0 Å². The van der Waals surface area contributed by atoms with Crippen molar-refractivity contribution in [2.45, 2.75) is 6.92 Å². The minimum Gasteiger partial charge on any atom is -0.465 e. The molecule has 0 unspecified atom stereocenters. The first-order chi connectivity index (χ1) is 13.4. The van der Waals surface area contributed by atoms with Crippen LogP contribution in [0.3, 0.4) is 0 Å². The van der Waals surface area contributed by atoms with Gasteiger partial charge in [-0.25, -0.2) is 14.6 Å². The van der Waals surface area contributed by atoms with E-state index in [1.807, 2.05) is 18.2 Å². The molecule has 0 spiro atoms. The molecule has 1 fully saturated rings. The van der Waals surface area contributed by atoms with Crippen LogP contribution in [0.1, 0.15) is 25.6 Å². The number of hydrogen-bond acceptors (Lipinski definition) is 7. The maximum atomic E-state index is 12.7. The Hall–Kier alpha value is -3.14. The van der Waals surface area contributed by atoms with Crippen molar-refractivity contribution in [2.75, 3.05) is 43.5 Å². The first kappa shape index (κ1) is 19.6. The molecule has 28 heavy (non-hydrogen) atoms. The zero-order chi connectivity index (χ0) is 20.3. The minimum absolute atomic E-state index is 0.154. The molecule has 3 rings (SSSR count). The molecule has 2 aromatic rings. The lowest BCUT2D eigenvalue weighted by molar-refractivity contribution is 0.0601. The van der Waals surface area contributed by atoms with E-state index in [4.69, 9.17) is 10.5 Å². The predicted molar refractivity (Wildman–Crippen MR) is 106 cm³/mol. The van der Waals surface area contributed by atoms with Gasteiger partial charge < -0.3 is 20.3 Å². The van der Waals surface area contributed by atoms with Gasteiger partial charge in [-0.05, 0) is 24.6 Å². The fraction of sp³-hybridized carbons (Fsp3) is 0.333. The highest BCUT2D eigenvalue weighted by Crippen LogP contribution is 2.33. The summed E-state index contributed by atoms with van der Waals surface area (Å²) in [7, 11) is 1.24. The number of rotatable bonds is 4. The van der Waals surface area contributed by atoms with Gasteiger partial charge in [0.15, 0.2) is 0 Å². The molecule has 1 aliphatic rings. The van der Waals surface area contributed by atoms with Gasteiger partial charge in [0, 0.05) is 32.4 Å². The fourth-order valence-corrected chi connectivity index (χ4v) is 4.08. The molecule has 0 radical (unpaired) electrons. The minimum atomic E-state index is -0.655. The van der Waals surface area contributed by atoms with Crippen molar-refractivity contribution in [3.8, 4) is 0 Å². The molecule has 0 aromatic carbocycles. The molecule has 3 amide bonds. The number of ether oxygens (including phenoxy) is 1. The van der Waals surface area contributed by atoms with Gasteiger partial charge in [0.25, 0.3) is 5.91 Å². The Morgan fingerprint density at radius 2 is 1.93 bits per heavy atom.